The highest BCUT2D eigenvalue weighted by atomic mass is 35.5. The molecule has 0 aliphatic carbocycles. The van der Waals surface area contributed by atoms with Crippen molar-refractivity contribution >= 4 is 28.1 Å². The number of nitrogens with two attached hydrogens (primary N) is 1. The van der Waals surface area contributed by atoms with Crippen LogP contribution >= 0.6 is 11.6 Å². The van der Waals surface area contributed by atoms with Gasteiger partial charge < -0.3 is 10.5 Å². The molecule has 0 saturated carbocycles. The second-order valence-electron chi connectivity index (χ2n) is 4.47. The highest BCUT2D eigenvalue weighted by Gasteiger charge is 2.13. The molecule has 0 saturated heterocycles. The van der Waals surface area contributed by atoms with Crippen LogP contribution in [-0.4, -0.2) is 12.1 Å². The van der Waals surface area contributed by atoms with Gasteiger partial charge >= 0.3 is 0 Å². The zero-order valence-corrected chi connectivity index (χ0v) is 11.7. The van der Waals surface area contributed by atoms with Crippen molar-refractivity contribution < 1.29 is 4.74 Å². The molecule has 0 bridgehead atoms. The first kappa shape index (κ1) is 12.8. The van der Waals surface area contributed by atoms with Crippen molar-refractivity contribution in [2.24, 2.45) is 0 Å². The van der Waals surface area contributed by atoms with E-state index in [1.165, 1.54) is 0 Å². The average molecular weight is 285 g/mol. The number of hydrogen-bond donors (Lipinski definition) is 1. The molecule has 0 atom stereocenters. The molecule has 3 aromatic rings. The van der Waals surface area contributed by atoms with E-state index >= 15 is 0 Å². The quantitative estimate of drug-likeness (QED) is 0.719. The third-order valence-electron chi connectivity index (χ3n) is 3.28. The van der Waals surface area contributed by atoms with Crippen molar-refractivity contribution in [1.82, 2.24) is 4.98 Å². The minimum Gasteiger partial charge on any atom is -0.496 e. The van der Waals surface area contributed by atoms with Gasteiger partial charge in [-0.15, -0.1) is 0 Å². The summed E-state index contributed by atoms with van der Waals surface area (Å²) in [5, 5.41) is 2.71. The second-order valence-corrected chi connectivity index (χ2v) is 4.91. The van der Waals surface area contributed by atoms with Gasteiger partial charge in [0.2, 0.25) is 0 Å². The highest BCUT2D eigenvalue weighted by molar-refractivity contribution is 6.31. The Hall–Kier alpha value is -2.26. The third kappa shape index (κ3) is 2.06. The smallest absolute Gasteiger partial charge is 0.127 e. The van der Waals surface area contributed by atoms with Crippen molar-refractivity contribution in [3.8, 4) is 16.9 Å². The molecule has 20 heavy (non-hydrogen) atoms. The molecule has 4 heteroatoms. The monoisotopic (exact) mass is 284 g/mol. The molecular formula is C16H13ClN2O. The van der Waals surface area contributed by atoms with E-state index in [1.807, 2.05) is 36.5 Å². The first-order chi connectivity index (χ1) is 9.70. The van der Waals surface area contributed by atoms with Crippen LogP contribution in [0.1, 0.15) is 0 Å². The van der Waals surface area contributed by atoms with Crippen LogP contribution in [0, 0.1) is 0 Å². The van der Waals surface area contributed by atoms with Crippen molar-refractivity contribution in [3.05, 3.63) is 53.8 Å². The van der Waals surface area contributed by atoms with Gasteiger partial charge in [-0.1, -0.05) is 17.7 Å². The summed E-state index contributed by atoms with van der Waals surface area (Å²) in [7, 11) is 1.65. The Kier molecular flexibility index (Phi) is 3.20. The van der Waals surface area contributed by atoms with E-state index in [9.17, 15) is 0 Å². The molecule has 2 N–H and O–H groups in total. The fraction of sp³-hybridized carbons (Fsp3) is 0.0625. The van der Waals surface area contributed by atoms with Crippen LogP contribution in [0.25, 0.3) is 21.9 Å². The second kappa shape index (κ2) is 5.02. The summed E-state index contributed by atoms with van der Waals surface area (Å²) in [5.74, 6) is 0.776. The number of ether oxygens (including phenoxy) is 1. The Balaban J connectivity index is 2.38. The van der Waals surface area contributed by atoms with Gasteiger partial charge in [-0.25, -0.2) is 0 Å². The number of nitrogen functional groups attached to an aromatic ring is 1. The number of nitrogens with zero attached hydrogens (tertiary/aromatic N) is 1. The largest absolute Gasteiger partial charge is 0.496 e. The van der Waals surface area contributed by atoms with E-state index in [2.05, 4.69) is 4.98 Å². The van der Waals surface area contributed by atoms with Crippen molar-refractivity contribution in [2.45, 2.75) is 0 Å². The van der Waals surface area contributed by atoms with Gasteiger partial charge in [-0.05, 0) is 35.7 Å². The summed E-state index contributed by atoms with van der Waals surface area (Å²) in [4.78, 5) is 4.15. The summed E-state index contributed by atoms with van der Waals surface area (Å²) >= 11 is 5.98. The number of benzene rings is 2. The van der Waals surface area contributed by atoms with E-state index in [0.717, 1.165) is 27.6 Å². The molecule has 3 nitrogen and oxygen atoms in total. The normalized spacial score (nSPS) is 10.7. The summed E-state index contributed by atoms with van der Waals surface area (Å²) in [6.45, 7) is 0. The number of methoxy groups -OCH3 is 1. The maximum Gasteiger partial charge on any atom is 0.127 e. The minimum atomic E-state index is 0.618. The van der Waals surface area contributed by atoms with Crippen molar-refractivity contribution in [2.75, 3.05) is 12.8 Å². The molecule has 0 spiro atoms. The Labute approximate surface area is 122 Å². The SMILES string of the molecule is COc1ccc2cnccc2c1-c1ccc(Cl)cc1N. The lowest BCUT2D eigenvalue weighted by Gasteiger charge is -2.14. The van der Waals surface area contributed by atoms with Gasteiger partial charge in [0.25, 0.3) is 0 Å². The zero-order valence-electron chi connectivity index (χ0n) is 10.9. The minimum absolute atomic E-state index is 0.618. The number of hydrogen-bond acceptors (Lipinski definition) is 3. The van der Waals surface area contributed by atoms with Crippen LogP contribution in [0.2, 0.25) is 5.02 Å². The summed E-state index contributed by atoms with van der Waals surface area (Å²) in [6, 6.07) is 11.4. The molecule has 0 fully saturated rings. The Morgan fingerprint density at radius 2 is 2.00 bits per heavy atom. The summed E-state index contributed by atoms with van der Waals surface area (Å²) in [6.07, 6.45) is 3.59. The highest BCUT2D eigenvalue weighted by Crippen LogP contribution is 2.40. The molecule has 0 aliphatic rings. The fourth-order valence-electron chi connectivity index (χ4n) is 2.36. The molecule has 1 aromatic heterocycles. The standard InChI is InChI=1S/C16H13ClN2O/c1-20-15-5-2-10-9-19-7-6-12(10)16(15)13-4-3-11(17)8-14(13)18/h2-9H,18H2,1H3. The van der Waals surface area contributed by atoms with E-state index < -0.39 is 0 Å². The van der Waals surface area contributed by atoms with Gasteiger partial charge in [0.15, 0.2) is 0 Å². The predicted molar refractivity (Wildman–Crippen MR) is 83.2 cm³/mol. The maximum absolute atomic E-state index is 6.11. The predicted octanol–water partition coefficient (Wildman–Crippen LogP) is 4.15. The molecule has 0 radical (unpaired) electrons. The Morgan fingerprint density at radius 1 is 1.15 bits per heavy atom. The van der Waals surface area contributed by atoms with Gasteiger partial charge in [0.05, 0.1) is 7.11 Å². The first-order valence-electron chi connectivity index (χ1n) is 6.17. The summed E-state index contributed by atoms with van der Waals surface area (Å²) < 4.78 is 5.48. The third-order valence-corrected chi connectivity index (χ3v) is 3.52. The number of rotatable bonds is 2. The van der Waals surface area contributed by atoms with Crippen molar-refractivity contribution in [1.29, 1.82) is 0 Å². The van der Waals surface area contributed by atoms with Gasteiger partial charge in [0.1, 0.15) is 5.75 Å². The Morgan fingerprint density at radius 3 is 2.75 bits per heavy atom. The van der Waals surface area contributed by atoms with Crippen LogP contribution in [0.4, 0.5) is 5.69 Å². The molecule has 0 aliphatic heterocycles. The van der Waals surface area contributed by atoms with E-state index in [0.29, 0.717) is 10.7 Å². The number of halogens is 1. The fourth-order valence-corrected chi connectivity index (χ4v) is 2.54. The first-order valence-corrected chi connectivity index (χ1v) is 6.54. The number of fused-ring (bicyclic) bond motifs is 1. The van der Waals surface area contributed by atoms with Crippen LogP contribution in [0.5, 0.6) is 5.75 Å². The molecule has 0 unspecified atom stereocenters. The zero-order chi connectivity index (χ0) is 14.1. The van der Waals surface area contributed by atoms with Gasteiger partial charge in [0, 0.05) is 39.6 Å². The molecule has 100 valence electrons. The number of aromatic nitrogens is 1. The van der Waals surface area contributed by atoms with Crippen LogP contribution in [0.15, 0.2) is 48.8 Å². The molecule has 2 aromatic carbocycles. The summed E-state index contributed by atoms with van der Waals surface area (Å²) in [5.41, 5.74) is 8.60. The topological polar surface area (TPSA) is 48.1 Å². The molecular weight excluding hydrogens is 272 g/mol. The van der Waals surface area contributed by atoms with Crippen LogP contribution in [0.3, 0.4) is 0 Å². The van der Waals surface area contributed by atoms with E-state index in [4.69, 9.17) is 22.1 Å². The Bertz CT molecular complexity index is 787. The van der Waals surface area contributed by atoms with Crippen molar-refractivity contribution in [3.63, 3.8) is 0 Å². The number of anilines is 1. The van der Waals surface area contributed by atoms with E-state index in [-0.39, 0.29) is 0 Å². The molecule has 0 amide bonds. The van der Waals surface area contributed by atoms with Gasteiger partial charge in [-0.2, -0.15) is 0 Å². The van der Waals surface area contributed by atoms with Crippen LogP contribution < -0.4 is 10.5 Å². The maximum atomic E-state index is 6.11. The molecule has 3 rings (SSSR count). The lowest BCUT2D eigenvalue weighted by atomic mass is 9.97. The van der Waals surface area contributed by atoms with Gasteiger partial charge in [-0.3, -0.25) is 4.98 Å². The lowest BCUT2D eigenvalue weighted by Crippen LogP contribution is -1.94. The number of pyridine rings is 1. The van der Waals surface area contributed by atoms with E-state index in [1.54, 1.807) is 19.4 Å². The lowest BCUT2D eigenvalue weighted by molar-refractivity contribution is 0.417. The van der Waals surface area contributed by atoms with Crippen LogP contribution in [-0.2, 0) is 0 Å². The molecule has 1 heterocycles. The average Bonchev–Trinajstić information content (AvgIpc) is 2.46.